The van der Waals surface area contributed by atoms with Crippen molar-refractivity contribution in [3.8, 4) is 6.07 Å². The van der Waals surface area contributed by atoms with Gasteiger partial charge < -0.3 is 10.5 Å². The molecule has 0 radical (unpaired) electrons. The smallest absolute Gasteiger partial charge is 0.338 e. The van der Waals surface area contributed by atoms with E-state index in [9.17, 15) is 35.1 Å². The minimum atomic E-state index is -1.13. The second kappa shape index (κ2) is 9.88. The van der Waals surface area contributed by atoms with Crippen molar-refractivity contribution in [1.82, 2.24) is 4.57 Å². The first-order valence-electron chi connectivity index (χ1n) is 10.7. The fraction of sp³-hybridized carbons (Fsp3) is 0.125. The number of fused-ring (bicyclic) bond motifs is 1. The number of nitrogens with two attached hydrogens (primary N) is 1. The number of nitro benzene ring substituents is 2. The third-order valence-corrected chi connectivity index (χ3v) is 6.67. The number of allylic oxidation sites excluding steroid dienone is 1. The monoisotopic (exact) mass is 519 g/mol. The highest BCUT2D eigenvalue weighted by molar-refractivity contribution is 7.07. The number of carbonyl (C=O) groups excluding carboxylic acids is 1. The van der Waals surface area contributed by atoms with Gasteiger partial charge in [0.05, 0.1) is 44.1 Å². The van der Waals surface area contributed by atoms with Crippen molar-refractivity contribution in [2.24, 2.45) is 5.73 Å². The standard InChI is InChI=1S/C24H17N5O7S/c1-2-36-24(31)20-19(14-6-4-8-16(11-14)29(34)35)17(12-25)21(26)27-22(30)18(37-23(20)27)10-13-5-3-7-15(9-13)28(32)33/h3-11,19H,2,26H2,1H3/t19-/m1/s1. The molecule has 1 atom stereocenters. The maximum Gasteiger partial charge on any atom is 0.338 e. The van der Waals surface area contributed by atoms with Gasteiger partial charge in [0.1, 0.15) is 10.5 Å². The van der Waals surface area contributed by atoms with E-state index in [2.05, 4.69) is 0 Å². The van der Waals surface area contributed by atoms with Crippen molar-refractivity contribution in [2.45, 2.75) is 12.8 Å². The number of rotatable bonds is 6. The lowest BCUT2D eigenvalue weighted by atomic mass is 9.83. The van der Waals surface area contributed by atoms with E-state index in [1.807, 2.05) is 6.07 Å². The average Bonchev–Trinajstić information content (AvgIpc) is 3.19. The average molecular weight is 519 g/mol. The normalized spacial score (nSPS) is 15.2. The lowest BCUT2D eigenvalue weighted by Gasteiger charge is -2.24. The Morgan fingerprint density at radius 1 is 1.19 bits per heavy atom. The van der Waals surface area contributed by atoms with Crippen molar-refractivity contribution < 1.29 is 19.4 Å². The maximum atomic E-state index is 13.4. The number of hydrogen-bond donors (Lipinski definition) is 1. The number of nitriles is 1. The molecule has 1 aromatic heterocycles. The quantitative estimate of drug-likeness (QED) is 0.288. The zero-order valence-corrected chi connectivity index (χ0v) is 19.9. The van der Waals surface area contributed by atoms with Crippen LogP contribution in [-0.2, 0) is 9.53 Å². The molecule has 0 saturated heterocycles. The van der Waals surface area contributed by atoms with Crippen LogP contribution >= 0.6 is 11.3 Å². The molecule has 0 unspecified atom stereocenters. The van der Waals surface area contributed by atoms with Gasteiger partial charge in [-0.2, -0.15) is 5.26 Å². The first kappa shape index (κ1) is 25.0. The minimum Gasteiger partial charge on any atom is -0.463 e. The number of aromatic nitrogens is 1. The van der Waals surface area contributed by atoms with Gasteiger partial charge in [-0.3, -0.25) is 29.6 Å². The predicted octanol–water partition coefficient (Wildman–Crippen LogP) is 1.72. The second-order valence-electron chi connectivity index (χ2n) is 7.74. The third-order valence-electron chi connectivity index (χ3n) is 5.56. The summed E-state index contributed by atoms with van der Waals surface area (Å²) < 4.78 is 6.43. The topological polar surface area (TPSA) is 184 Å². The van der Waals surface area contributed by atoms with E-state index in [4.69, 9.17) is 10.5 Å². The highest BCUT2D eigenvalue weighted by Gasteiger charge is 2.37. The summed E-state index contributed by atoms with van der Waals surface area (Å²) in [5.41, 5.74) is 5.56. The number of ether oxygens (including phenoxy) is 1. The molecule has 0 saturated carbocycles. The number of non-ortho nitro benzene ring substituents is 2. The Morgan fingerprint density at radius 2 is 1.84 bits per heavy atom. The van der Waals surface area contributed by atoms with Crippen molar-refractivity contribution in [3.05, 3.63) is 105 Å². The number of benzene rings is 2. The molecule has 0 fully saturated rings. The highest BCUT2D eigenvalue weighted by atomic mass is 32.1. The SMILES string of the molecule is CCOC(=O)C1=c2sc(=Cc3cccc([N+](=O)[O-])c3)c(=O)n2C(N)=C(C#N)[C@H]1c1cccc([N+](=O)[O-])c1. The van der Waals surface area contributed by atoms with Gasteiger partial charge >= 0.3 is 5.97 Å². The number of hydrogen-bond acceptors (Lipinski definition) is 10. The van der Waals surface area contributed by atoms with Crippen LogP contribution in [0.5, 0.6) is 0 Å². The molecule has 0 spiro atoms. The molecule has 1 aliphatic rings. The molecule has 3 aromatic rings. The lowest BCUT2D eigenvalue weighted by Crippen LogP contribution is -2.40. The molecule has 4 rings (SSSR count). The summed E-state index contributed by atoms with van der Waals surface area (Å²) in [6, 6.07) is 13.0. The fourth-order valence-corrected chi connectivity index (χ4v) is 5.15. The number of carbonyl (C=O) groups is 1. The Morgan fingerprint density at radius 3 is 2.46 bits per heavy atom. The summed E-state index contributed by atoms with van der Waals surface area (Å²) in [6.45, 7) is 1.58. The summed E-state index contributed by atoms with van der Waals surface area (Å²) in [6.07, 6.45) is 1.41. The molecule has 37 heavy (non-hydrogen) atoms. The predicted molar refractivity (Wildman–Crippen MR) is 133 cm³/mol. The van der Waals surface area contributed by atoms with Gasteiger partial charge in [-0.05, 0) is 24.1 Å². The zero-order valence-electron chi connectivity index (χ0n) is 19.1. The molecular formula is C24H17N5O7S. The molecule has 0 bridgehead atoms. The summed E-state index contributed by atoms with van der Waals surface area (Å²) in [4.78, 5) is 47.9. The molecular weight excluding hydrogens is 502 g/mol. The van der Waals surface area contributed by atoms with Crippen molar-refractivity contribution >= 4 is 46.2 Å². The first-order chi connectivity index (χ1) is 17.7. The van der Waals surface area contributed by atoms with Gasteiger partial charge in [0, 0.05) is 24.3 Å². The van der Waals surface area contributed by atoms with E-state index < -0.39 is 27.3 Å². The number of thiazole rings is 1. The Balaban J connectivity index is 2.08. The molecule has 2 N–H and O–H groups in total. The highest BCUT2D eigenvalue weighted by Crippen LogP contribution is 2.37. The molecule has 186 valence electrons. The van der Waals surface area contributed by atoms with E-state index >= 15 is 0 Å². The molecule has 13 heteroatoms. The first-order valence-corrected chi connectivity index (χ1v) is 11.5. The van der Waals surface area contributed by atoms with Crippen LogP contribution in [0, 0.1) is 31.6 Å². The van der Waals surface area contributed by atoms with Gasteiger partial charge in [-0.1, -0.05) is 24.3 Å². The number of nitro groups is 2. The van der Waals surface area contributed by atoms with E-state index in [0.717, 1.165) is 15.9 Å². The van der Waals surface area contributed by atoms with Crippen LogP contribution in [0.1, 0.15) is 24.0 Å². The second-order valence-corrected chi connectivity index (χ2v) is 8.77. The van der Waals surface area contributed by atoms with Crippen LogP contribution in [-0.4, -0.2) is 27.0 Å². The van der Waals surface area contributed by atoms with Crippen molar-refractivity contribution in [1.29, 1.82) is 5.26 Å². The van der Waals surface area contributed by atoms with Gasteiger partial charge in [0.15, 0.2) is 0 Å². The largest absolute Gasteiger partial charge is 0.463 e. The Kier molecular flexibility index (Phi) is 6.68. The van der Waals surface area contributed by atoms with Crippen LogP contribution in [0.4, 0.5) is 11.4 Å². The van der Waals surface area contributed by atoms with Gasteiger partial charge in [-0.25, -0.2) is 4.79 Å². The van der Waals surface area contributed by atoms with Crippen LogP contribution in [0.25, 0.3) is 17.5 Å². The van der Waals surface area contributed by atoms with Gasteiger partial charge in [0.25, 0.3) is 16.9 Å². The number of nitrogens with zero attached hydrogens (tertiary/aromatic N) is 4. The molecule has 1 aliphatic heterocycles. The lowest BCUT2D eigenvalue weighted by molar-refractivity contribution is -0.385. The van der Waals surface area contributed by atoms with E-state index in [0.29, 0.717) is 5.56 Å². The molecule has 0 aliphatic carbocycles. The summed E-state index contributed by atoms with van der Waals surface area (Å²) in [7, 11) is 0. The Labute approximate surface area is 211 Å². The zero-order chi connectivity index (χ0) is 26.9. The summed E-state index contributed by atoms with van der Waals surface area (Å²) in [5, 5.41) is 32.5. The molecule has 12 nitrogen and oxygen atoms in total. The number of esters is 1. The van der Waals surface area contributed by atoms with E-state index in [1.54, 1.807) is 13.0 Å². The Hall–Kier alpha value is -5.09. The summed E-state index contributed by atoms with van der Waals surface area (Å²) in [5.74, 6) is -2.19. The Bertz CT molecular complexity index is 1730. The molecule has 0 amide bonds. The fourth-order valence-electron chi connectivity index (χ4n) is 3.98. The van der Waals surface area contributed by atoms with Crippen molar-refractivity contribution in [3.63, 3.8) is 0 Å². The van der Waals surface area contributed by atoms with Crippen LogP contribution in [0.3, 0.4) is 0 Å². The van der Waals surface area contributed by atoms with Crippen LogP contribution < -0.4 is 20.5 Å². The minimum absolute atomic E-state index is 0.00660. The summed E-state index contributed by atoms with van der Waals surface area (Å²) >= 11 is 0.888. The molecule has 2 aromatic carbocycles. The molecule has 2 heterocycles. The van der Waals surface area contributed by atoms with Crippen molar-refractivity contribution in [2.75, 3.05) is 6.61 Å². The van der Waals surface area contributed by atoms with E-state index in [-0.39, 0.29) is 49.7 Å². The van der Waals surface area contributed by atoms with Gasteiger partial charge in [-0.15, -0.1) is 11.3 Å². The maximum absolute atomic E-state index is 13.4. The van der Waals surface area contributed by atoms with Crippen LogP contribution in [0.2, 0.25) is 0 Å². The van der Waals surface area contributed by atoms with E-state index in [1.165, 1.54) is 48.5 Å². The third kappa shape index (κ3) is 4.48. The van der Waals surface area contributed by atoms with Gasteiger partial charge in [0.2, 0.25) is 0 Å². The van der Waals surface area contributed by atoms with Crippen LogP contribution in [0.15, 0.2) is 58.9 Å².